The summed E-state index contributed by atoms with van der Waals surface area (Å²) >= 11 is 0. The highest BCUT2D eigenvalue weighted by Crippen LogP contribution is 2.26. The summed E-state index contributed by atoms with van der Waals surface area (Å²) < 4.78 is 5.29. The zero-order chi connectivity index (χ0) is 22.9. The van der Waals surface area contributed by atoms with Gasteiger partial charge in [-0.25, -0.2) is 4.79 Å². The smallest absolute Gasteiger partial charge is 0.410 e. The quantitative estimate of drug-likeness (QED) is 0.757. The molecule has 2 N–H and O–H groups in total. The number of carbonyl (C=O) groups excluding carboxylic acids is 1. The predicted molar refractivity (Wildman–Crippen MR) is 122 cm³/mol. The van der Waals surface area contributed by atoms with Crippen molar-refractivity contribution in [3.05, 3.63) is 35.9 Å². The SMILES string of the molecule is CC(C(=O)O)C1CCN(C(=O)OC(C)(C)C)CC1.c1ccc(CN2CCNCC2)cc1. The molecule has 0 aliphatic carbocycles. The lowest BCUT2D eigenvalue weighted by atomic mass is 9.85. The van der Waals surface area contributed by atoms with Crippen LogP contribution in [-0.2, 0) is 16.1 Å². The maximum atomic E-state index is 11.8. The summed E-state index contributed by atoms with van der Waals surface area (Å²) in [5, 5.41) is 12.3. The van der Waals surface area contributed by atoms with E-state index in [1.165, 1.54) is 18.7 Å². The van der Waals surface area contributed by atoms with E-state index < -0.39 is 11.6 Å². The molecule has 0 aromatic heterocycles. The number of piperazine rings is 1. The maximum Gasteiger partial charge on any atom is 0.410 e. The average molecular weight is 434 g/mol. The summed E-state index contributed by atoms with van der Waals surface area (Å²) in [6.45, 7) is 14.1. The molecule has 0 spiro atoms. The zero-order valence-corrected chi connectivity index (χ0v) is 19.5. The van der Waals surface area contributed by atoms with Crippen molar-refractivity contribution in [3.63, 3.8) is 0 Å². The van der Waals surface area contributed by atoms with E-state index in [-0.39, 0.29) is 17.9 Å². The van der Waals surface area contributed by atoms with E-state index >= 15 is 0 Å². The van der Waals surface area contributed by atoms with Crippen LogP contribution in [0.2, 0.25) is 0 Å². The highest BCUT2D eigenvalue weighted by atomic mass is 16.6. The Hall–Kier alpha value is -2.12. The number of benzene rings is 1. The number of likely N-dealkylation sites (tertiary alicyclic amines) is 1. The molecule has 31 heavy (non-hydrogen) atoms. The zero-order valence-electron chi connectivity index (χ0n) is 19.5. The molecule has 1 aromatic rings. The van der Waals surface area contributed by atoms with Crippen LogP contribution in [0.3, 0.4) is 0 Å². The number of ether oxygens (including phenoxy) is 1. The number of piperidine rings is 1. The minimum Gasteiger partial charge on any atom is -0.481 e. The first-order chi connectivity index (χ1) is 14.7. The van der Waals surface area contributed by atoms with Gasteiger partial charge in [-0.3, -0.25) is 9.69 Å². The van der Waals surface area contributed by atoms with E-state index in [2.05, 4.69) is 40.5 Å². The van der Waals surface area contributed by atoms with Gasteiger partial charge in [0.2, 0.25) is 0 Å². The monoisotopic (exact) mass is 433 g/mol. The molecular weight excluding hydrogens is 394 g/mol. The number of rotatable bonds is 4. The van der Waals surface area contributed by atoms with Crippen LogP contribution in [0, 0.1) is 11.8 Å². The minimum absolute atomic E-state index is 0.154. The first-order valence-corrected chi connectivity index (χ1v) is 11.3. The molecule has 7 nitrogen and oxygen atoms in total. The van der Waals surface area contributed by atoms with E-state index in [0.717, 1.165) is 32.5 Å². The Morgan fingerprint density at radius 2 is 1.68 bits per heavy atom. The van der Waals surface area contributed by atoms with Crippen LogP contribution in [0.4, 0.5) is 4.79 Å². The minimum atomic E-state index is -0.759. The third-order valence-electron chi connectivity index (χ3n) is 5.75. The number of carbonyl (C=O) groups is 2. The fourth-order valence-electron chi connectivity index (χ4n) is 3.82. The molecule has 2 aliphatic rings. The lowest BCUT2D eigenvalue weighted by molar-refractivity contribution is -0.143. The third kappa shape index (κ3) is 9.27. The molecule has 1 unspecified atom stereocenters. The second-order valence-electron chi connectivity index (χ2n) is 9.44. The summed E-state index contributed by atoms with van der Waals surface area (Å²) in [6, 6.07) is 10.7. The van der Waals surface area contributed by atoms with Gasteiger partial charge in [-0.1, -0.05) is 37.3 Å². The number of amides is 1. The van der Waals surface area contributed by atoms with Gasteiger partial charge in [0, 0.05) is 45.8 Å². The molecule has 1 amide bonds. The van der Waals surface area contributed by atoms with Crippen LogP contribution in [-0.4, -0.2) is 71.8 Å². The molecule has 0 bridgehead atoms. The number of nitrogens with zero attached hydrogens (tertiary/aromatic N) is 2. The summed E-state index contributed by atoms with van der Waals surface area (Å²) in [5.41, 5.74) is 0.937. The highest BCUT2D eigenvalue weighted by molar-refractivity contribution is 5.70. The topological polar surface area (TPSA) is 82.1 Å². The average Bonchev–Trinajstić information content (AvgIpc) is 2.74. The second-order valence-corrected chi connectivity index (χ2v) is 9.44. The second kappa shape index (κ2) is 12.1. The standard InChI is InChI=1S/C13H23NO4.C11H16N2/c1-9(11(15)16)10-5-7-14(8-6-10)12(17)18-13(2,3)4;1-2-4-11(5-3-1)10-13-8-6-12-7-9-13/h9-10H,5-8H2,1-4H3,(H,15,16);1-5,12H,6-10H2. The van der Waals surface area contributed by atoms with Crippen molar-refractivity contribution in [2.75, 3.05) is 39.3 Å². The van der Waals surface area contributed by atoms with Gasteiger partial charge in [-0.2, -0.15) is 0 Å². The largest absolute Gasteiger partial charge is 0.481 e. The molecule has 1 aromatic carbocycles. The fourth-order valence-corrected chi connectivity index (χ4v) is 3.82. The van der Waals surface area contributed by atoms with Gasteiger partial charge in [0.15, 0.2) is 0 Å². The Morgan fingerprint density at radius 3 is 2.19 bits per heavy atom. The van der Waals surface area contributed by atoms with Crippen LogP contribution in [0.15, 0.2) is 30.3 Å². The molecule has 2 aliphatic heterocycles. The van der Waals surface area contributed by atoms with Crippen molar-refractivity contribution in [1.29, 1.82) is 0 Å². The Bertz CT molecular complexity index is 676. The Balaban J connectivity index is 0.000000231. The molecule has 3 rings (SSSR count). The van der Waals surface area contributed by atoms with E-state index in [1.807, 2.05) is 20.8 Å². The van der Waals surface area contributed by atoms with Crippen molar-refractivity contribution < 1.29 is 19.4 Å². The van der Waals surface area contributed by atoms with Crippen molar-refractivity contribution in [1.82, 2.24) is 15.1 Å². The summed E-state index contributed by atoms with van der Waals surface area (Å²) in [4.78, 5) is 26.9. The van der Waals surface area contributed by atoms with Gasteiger partial charge in [0.25, 0.3) is 0 Å². The first-order valence-electron chi connectivity index (χ1n) is 11.3. The molecule has 0 radical (unpaired) electrons. The van der Waals surface area contributed by atoms with Gasteiger partial charge in [0.1, 0.15) is 5.60 Å². The third-order valence-corrected chi connectivity index (χ3v) is 5.75. The number of nitrogens with one attached hydrogen (secondary N) is 1. The fraction of sp³-hybridized carbons (Fsp3) is 0.667. The molecular formula is C24H39N3O4. The van der Waals surface area contributed by atoms with Gasteiger partial charge in [0.05, 0.1) is 5.92 Å². The lowest BCUT2D eigenvalue weighted by Gasteiger charge is -2.34. The molecule has 0 saturated carbocycles. The summed E-state index contributed by atoms with van der Waals surface area (Å²) in [7, 11) is 0. The number of hydrogen-bond acceptors (Lipinski definition) is 5. The summed E-state index contributed by atoms with van der Waals surface area (Å²) in [6.07, 6.45) is 1.16. The van der Waals surface area contributed by atoms with Crippen molar-refractivity contribution in [2.24, 2.45) is 11.8 Å². The molecule has 1 atom stereocenters. The lowest BCUT2D eigenvalue weighted by Crippen LogP contribution is -2.43. The van der Waals surface area contributed by atoms with Gasteiger partial charge in [-0.05, 0) is 45.1 Å². The Kier molecular flexibility index (Phi) is 9.78. The van der Waals surface area contributed by atoms with Crippen LogP contribution in [0.5, 0.6) is 0 Å². The van der Waals surface area contributed by atoms with E-state index in [0.29, 0.717) is 13.1 Å². The normalized spacial score (nSPS) is 19.2. The highest BCUT2D eigenvalue weighted by Gasteiger charge is 2.31. The molecule has 2 heterocycles. The number of carboxylic acids is 1. The predicted octanol–water partition coefficient (Wildman–Crippen LogP) is 3.45. The van der Waals surface area contributed by atoms with E-state index in [9.17, 15) is 9.59 Å². The van der Waals surface area contributed by atoms with E-state index in [1.54, 1.807) is 11.8 Å². The van der Waals surface area contributed by atoms with Crippen molar-refractivity contribution >= 4 is 12.1 Å². The van der Waals surface area contributed by atoms with E-state index in [4.69, 9.17) is 9.84 Å². The summed E-state index contributed by atoms with van der Waals surface area (Å²) in [5.74, 6) is -0.947. The molecule has 2 fully saturated rings. The van der Waals surface area contributed by atoms with Crippen molar-refractivity contribution in [2.45, 2.75) is 52.7 Å². The number of aliphatic carboxylic acids is 1. The van der Waals surface area contributed by atoms with Crippen LogP contribution in [0.25, 0.3) is 0 Å². The Labute approximate surface area is 186 Å². The molecule has 174 valence electrons. The van der Waals surface area contributed by atoms with Gasteiger partial charge in [-0.15, -0.1) is 0 Å². The Morgan fingerprint density at radius 1 is 1.10 bits per heavy atom. The van der Waals surface area contributed by atoms with Crippen LogP contribution < -0.4 is 5.32 Å². The number of carboxylic acid groups (broad SMARTS) is 1. The maximum absolute atomic E-state index is 11.8. The van der Waals surface area contributed by atoms with Gasteiger partial charge >= 0.3 is 12.1 Å². The molecule has 2 saturated heterocycles. The van der Waals surface area contributed by atoms with Crippen LogP contribution >= 0.6 is 0 Å². The van der Waals surface area contributed by atoms with Gasteiger partial charge < -0.3 is 20.1 Å². The van der Waals surface area contributed by atoms with Crippen LogP contribution in [0.1, 0.15) is 46.1 Å². The number of hydrogen-bond donors (Lipinski definition) is 2. The first kappa shape index (κ1) is 25.1. The van der Waals surface area contributed by atoms with Crippen molar-refractivity contribution in [3.8, 4) is 0 Å². The molecule has 7 heteroatoms.